The summed E-state index contributed by atoms with van der Waals surface area (Å²) < 4.78 is 7.33. The number of likely N-dealkylation sites (tertiary alicyclic amines) is 1. The van der Waals surface area contributed by atoms with E-state index in [-0.39, 0.29) is 30.8 Å². The van der Waals surface area contributed by atoms with Crippen LogP contribution in [0.2, 0.25) is 10.0 Å². The summed E-state index contributed by atoms with van der Waals surface area (Å²) in [6.45, 7) is 1.83. The number of aromatic nitrogens is 3. The van der Waals surface area contributed by atoms with Gasteiger partial charge in [-0.2, -0.15) is 0 Å². The first-order valence-electron chi connectivity index (χ1n) is 12.7. The molecule has 0 saturated carbocycles. The van der Waals surface area contributed by atoms with Crippen molar-refractivity contribution in [2.24, 2.45) is 0 Å². The standard InChI is InChI=1S/C27H28Cl2N6O4/c1-33-22-13-17(8-10-24(36)34-11-2-3-12-34)7-9-23(22)39-15-21(27(33)38)31-26(37)25-30-16-35(32-25)14-18-19(28)5-4-6-20(18)29/h4-7,9,13,16,21H,2-3,8,10-12,14-15H2,1H3,(H,31,37)/t21-/m1/s1. The zero-order chi connectivity index (χ0) is 27.5. The van der Waals surface area contributed by atoms with Gasteiger partial charge in [0.25, 0.3) is 11.8 Å². The first kappa shape index (κ1) is 27.0. The van der Waals surface area contributed by atoms with Crippen LogP contribution in [0.3, 0.4) is 0 Å². The van der Waals surface area contributed by atoms with E-state index < -0.39 is 11.9 Å². The zero-order valence-corrected chi connectivity index (χ0v) is 22.9. The van der Waals surface area contributed by atoms with E-state index >= 15 is 0 Å². The van der Waals surface area contributed by atoms with Crippen molar-refractivity contribution in [2.75, 3.05) is 31.6 Å². The van der Waals surface area contributed by atoms with Crippen molar-refractivity contribution in [3.8, 4) is 5.75 Å². The molecule has 2 aliphatic rings. The van der Waals surface area contributed by atoms with Crippen LogP contribution in [0, 0.1) is 0 Å². The Kier molecular flexibility index (Phi) is 8.04. The van der Waals surface area contributed by atoms with E-state index in [9.17, 15) is 14.4 Å². The highest BCUT2D eigenvalue weighted by atomic mass is 35.5. The number of halogens is 2. The monoisotopic (exact) mass is 570 g/mol. The maximum Gasteiger partial charge on any atom is 0.291 e. The Hall–Kier alpha value is -3.63. The Morgan fingerprint density at radius 2 is 1.87 bits per heavy atom. The van der Waals surface area contributed by atoms with Crippen LogP contribution in [-0.4, -0.2) is 70.2 Å². The van der Waals surface area contributed by atoms with Crippen LogP contribution in [0.5, 0.6) is 5.75 Å². The van der Waals surface area contributed by atoms with E-state index in [1.165, 1.54) is 15.9 Å². The third-order valence-electron chi connectivity index (χ3n) is 6.93. The fraction of sp³-hybridized carbons (Fsp3) is 0.370. The van der Waals surface area contributed by atoms with Crippen LogP contribution in [0.15, 0.2) is 42.7 Å². The summed E-state index contributed by atoms with van der Waals surface area (Å²) in [5.74, 6) is -0.371. The molecule has 5 rings (SSSR count). The fourth-order valence-electron chi connectivity index (χ4n) is 4.72. The van der Waals surface area contributed by atoms with Crippen LogP contribution in [-0.2, 0) is 22.6 Å². The third-order valence-corrected chi connectivity index (χ3v) is 7.64. The number of hydrogen-bond acceptors (Lipinski definition) is 6. The molecular weight excluding hydrogens is 543 g/mol. The van der Waals surface area contributed by atoms with Crippen molar-refractivity contribution in [2.45, 2.75) is 38.3 Å². The van der Waals surface area contributed by atoms with Crippen LogP contribution in [0.25, 0.3) is 0 Å². The van der Waals surface area contributed by atoms with Gasteiger partial charge in [-0.25, -0.2) is 9.67 Å². The van der Waals surface area contributed by atoms with E-state index in [1.54, 1.807) is 31.3 Å². The Morgan fingerprint density at radius 3 is 2.62 bits per heavy atom. The number of likely N-dealkylation sites (N-methyl/N-ethyl adjacent to an activating group) is 1. The Labute approximate surface area is 235 Å². The second kappa shape index (κ2) is 11.6. The number of nitrogens with one attached hydrogen (secondary N) is 1. The second-order valence-electron chi connectivity index (χ2n) is 9.59. The normalized spacial score (nSPS) is 17.0. The van der Waals surface area contributed by atoms with Crippen LogP contribution >= 0.6 is 23.2 Å². The highest BCUT2D eigenvalue weighted by Gasteiger charge is 2.32. The predicted octanol–water partition coefficient (Wildman–Crippen LogP) is 3.34. The Morgan fingerprint density at radius 1 is 1.13 bits per heavy atom. The van der Waals surface area contributed by atoms with Gasteiger partial charge in [0.1, 0.15) is 24.7 Å². The first-order valence-corrected chi connectivity index (χ1v) is 13.5. The molecule has 39 heavy (non-hydrogen) atoms. The molecule has 12 heteroatoms. The van der Waals surface area contributed by atoms with Crippen LogP contribution in [0.4, 0.5) is 5.69 Å². The van der Waals surface area contributed by atoms with E-state index in [4.69, 9.17) is 27.9 Å². The summed E-state index contributed by atoms with van der Waals surface area (Å²) in [6, 6.07) is 9.79. The molecule has 2 aromatic carbocycles. The number of benzene rings is 2. The molecule has 0 unspecified atom stereocenters. The van der Waals surface area contributed by atoms with Gasteiger partial charge in [-0.3, -0.25) is 14.4 Å². The van der Waals surface area contributed by atoms with Gasteiger partial charge in [-0.15, -0.1) is 5.10 Å². The number of ether oxygens (including phenoxy) is 1. The largest absolute Gasteiger partial charge is 0.489 e. The molecule has 1 aromatic heterocycles. The maximum atomic E-state index is 13.2. The second-order valence-corrected chi connectivity index (χ2v) is 10.4. The molecule has 0 bridgehead atoms. The highest BCUT2D eigenvalue weighted by molar-refractivity contribution is 6.36. The molecule has 3 aromatic rings. The predicted molar refractivity (Wildman–Crippen MR) is 146 cm³/mol. The molecular formula is C27H28Cl2N6O4. The highest BCUT2D eigenvalue weighted by Crippen LogP contribution is 2.32. The number of carbonyl (C=O) groups excluding carboxylic acids is 3. The molecule has 3 amide bonds. The lowest BCUT2D eigenvalue weighted by molar-refractivity contribution is -0.130. The summed E-state index contributed by atoms with van der Waals surface area (Å²) in [7, 11) is 1.63. The minimum Gasteiger partial charge on any atom is -0.489 e. The molecule has 3 heterocycles. The molecule has 0 spiro atoms. The Bertz CT molecular complexity index is 1380. The van der Waals surface area contributed by atoms with Crippen molar-refractivity contribution in [1.29, 1.82) is 0 Å². The average molecular weight is 571 g/mol. The summed E-state index contributed by atoms with van der Waals surface area (Å²) in [4.78, 5) is 46.0. The van der Waals surface area contributed by atoms with Crippen molar-refractivity contribution in [3.63, 3.8) is 0 Å². The van der Waals surface area contributed by atoms with Crippen LogP contribution < -0.4 is 15.0 Å². The number of carbonyl (C=O) groups is 3. The summed E-state index contributed by atoms with van der Waals surface area (Å²) in [5.41, 5.74) is 2.17. The Balaban J connectivity index is 1.22. The lowest BCUT2D eigenvalue weighted by atomic mass is 10.1. The number of fused-ring (bicyclic) bond motifs is 1. The van der Waals surface area contributed by atoms with Gasteiger partial charge in [0.2, 0.25) is 11.7 Å². The zero-order valence-electron chi connectivity index (χ0n) is 21.4. The molecule has 1 N–H and O–H groups in total. The van der Waals surface area contributed by atoms with E-state index in [2.05, 4.69) is 15.4 Å². The minimum absolute atomic E-state index is 0.0509. The van der Waals surface area contributed by atoms with Gasteiger partial charge < -0.3 is 19.9 Å². The SMILES string of the molecule is CN1C(=O)[C@H](NC(=O)c2ncn(Cc3c(Cl)cccc3Cl)n2)COc2ccc(CCC(=O)N3CCCC3)cc21. The molecule has 204 valence electrons. The molecule has 1 atom stereocenters. The average Bonchev–Trinajstić information content (AvgIpc) is 3.62. The van der Waals surface area contributed by atoms with Gasteiger partial charge in [0.05, 0.1) is 12.2 Å². The molecule has 10 nitrogen and oxygen atoms in total. The number of rotatable bonds is 7. The molecule has 2 aliphatic heterocycles. The van der Waals surface area contributed by atoms with Crippen molar-refractivity contribution < 1.29 is 19.1 Å². The maximum absolute atomic E-state index is 13.2. The van der Waals surface area contributed by atoms with E-state index in [1.807, 2.05) is 17.0 Å². The quantitative estimate of drug-likeness (QED) is 0.466. The molecule has 0 aliphatic carbocycles. The summed E-state index contributed by atoms with van der Waals surface area (Å²) in [6.07, 6.45) is 4.50. The van der Waals surface area contributed by atoms with E-state index in [0.717, 1.165) is 31.5 Å². The summed E-state index contributed by atoms with van der Waals surface area (Å²) >= 11 is 12.5. The van der Waals surface area contributed by atoms with Gasteiger partial charge in [0.15, 0.2) is 0 Å². The fourth-order valence-corrected chi connectivity index (χ4v) is 5.24. The van der Waals surface area contributed by atoms with Crippen molar-refractivity contribution in [3.05, 3.63) is 69.7 Å². The molecule has 1 fully saturated rings. The van der Waals surface area contributed by atoms with Crippen molar-refractivity contribution >= 4 is 46.6 Å². The third kappa shape index (κ3) is 6.02. The minimum atomic E-state index is -0.944. The summed E-state index contributed by atoms with van der Waals surface area (Å²) in [5, 5.41) is 7.86. The number of nitrogens with zero attached hydrogens (tertiary/aromatic N) is 5. The topological polar surface area (TPSA) is 110 Å². The van der Waals surface area contributed by atoms with Gasteiger partial charge in [-0.1, -0.05) is 35.3 Å². The van der Waals surface area contributed by atoms with Gasteiger partial charge in [0, 0.05) is 42.2 Å². The smallest absolute Gasteiger partial charge is 0.291 e. The number of amides is 3. The molecule has 1 saturated heterocycles. The van der Waals surface area contributed by atoms with E-state index in [0.29, 0.717) is 39.9 Å². The number of hydrogen-bond donors (Lipinski definition) is 1. The number of aryl methyl sites for hydroxylation is 1. The van der Waals surface area contributed by atoms with Gasteiger partial charge >= 0.3 is 0 Å². The lowest BCUT2D eigenvalue weighted by Gasteiger charge is -2.20. The number of anilines is 1. The van der Waals surface area contributed by atoms with Crippen LogP contribution in [0.1, 0.15) is 41.0 Å². The van der Waals surface area contributed by atoms with Gasteiger partial charge in [-0.05, 0) is 49.1 Å². The van der Waals surface area contributed by atoms with Crippen molar-refractivity contribution in [1.82, 2.24) is 25.0 Å². The molecule has 0 radical (unpaired) electrons. The lowest BCUT2D eigenvalue weighted by Crippen LogP contribution is -2.49. The first-order chi connectivity index (χ1) is 18.8.